The molecule has 3 aromatic heterocycles. The number of thiazole rings is 1. The van der Waals surface area contributed by atoms with Gasteiger partial charge in [-0.1, -0.05) is 23.3 Å². The lowest BCUT2D eigenvalue weighted by molar-refractivity contribution is -0.149. The molecule has 0 bridgehead atoms. The molecule has 0 atom stereocenters. The summed E-state index contributed by atoms with van der Waals surface area (Å²) in [4.78, 5) is 45.2. The normalized spacial score (nSPS) is 14.3. The van der Waals surface area contributed by atoms with E-state index in [1.807, 2.05) is 30.0 Å². The summed E-state index contributed by atoms with van der Waals surface area (Å²) >= 11 is 1.34. The van der Waals surface area contributed by atoms with E-state index in [4.69, 9.17) is 15.5 Å². The van der Waals surface area contributed by atoms with Gasteiger partial charge in [-0.05, 0) is 56.4 Å². The molecule has 0 unspecified atom stereocenters. The minimum absolute atomic E-state index is 0.383. The first kappa shape index (κ1) is 27.8. The van der Waals surface area contributed by atoms with Gasteiger partial charge in [-0.2, -0.15) is 0 Å². The Bertz CT molecular complexity index is 1670. The molecule has 4 heterocycles. The van der Waals surface area contributed by atoms with Crippen molar-refractivity contribution in [3.05, 3.63) is 54.0 Å². The number of urea groups is 1. The first-order valence-electron chi connectivity index (χ1n) is 13.1. The fourth-order valence-corrected chi connectivity index (χ4v) is 5.64. The number of carboxylic acid groups (broad SMARTS) is 1. The number of nitrogens with zero attached hydrogens (tertiary/aromatic N) is 6. The smallest absolute Gasteiger partial charge is 0.321 e. The van der Waals surface area contributed by atoms with E-state index in [1.165, 1.54) is 16.2 Å². The summed E-state index contributed by atoms with van der Waals surface area (Å²) in [5.74, 6) is 6.57. The number of rotatable bonds is 6. The number of anilines is 2. The molecule has 1 aliphatic rings. The van der Waals surface area contributed by atoms with Crippen LogP contribution >= 0.6 is 11.3 Å². The fourth-order valence-electron chi connectivity index (χ4n) is 4.56. The molecule has 0 aliphatic carbocycles. The lowest BCUT2D eigenvalue weighted by atomic mass is 9.80. The van der Waals surface area contributed by atoms with Gasteiger partial charge in [-0.25, -0.2) is 24.7 Å². The summed E-state index contributed by atoms with van der Waals surface area (Å²) < 4.78 is 6.02. The summed E-state index contributed by atoms with van der Waals surface area (Å²) in [5, 5.41) is 10.0. The van der Waals surface area contributed by atoms with E-state index in [9.17, 15) is 14.7 Å². The Balaban J connectivity index is 1.51. The summed E-state index contributed by atoms with van der Waals surface area (Å²) in [6.45, 7) is 5.14. The number of aliphatic carboxylic acids is 1. The number of fused-ring (bicyclic) bond motifs is 1. The second kappa shape index (κ2) is 11.4. The van der Waals surface area contributed by atoms with Crippen LogP contribution in [-0.4, -0.2) is 63.8 Å². The molecule has 0 spiro atoms. The summed E-state index contributed by atoms with van der Waals surface area (Å²) in [6.07, 6.45) is 4.54. The van der Waals surface area contributed by atoms with Crippen molar-refractivity contribution in [3.63, 3.8) is 0 Å². The zero-order chi connectivity index (χ0) is 29.1. The third-order valence-electron chi connectivity index (χ3n) is 7.19. The second-order valence-electron chi connectivity index (χ2n) is 9.89. The van der Waals surface area contributed by atoms with Crippen LogP contribution in [0, 0.1) is 17.3 Å². The van der Waals surface area contributed by atoms with Gasteiger partial charge in [-0.15, -0.1) is 0 Å². The average molecular weight is 572 g/mol. The van der Waals surface area contributed by atoms with Crippen molar-refractivity contribution in [2.75, 3.05) is 36.5 Å². The van der Waals surface area contributed by atoms with E-state index in [1.54, 1.807) is 38.6 Å². The summed E-state index contributed by atoms with van der Waals surface area (Å²) in [6, 6.07) is 8.65. The number of piperidine rings is 1. The maximum absolute atomic E-state index is 12.0. The quantitative estimate of drug-likeness (QED) is 0.326. The van der Waals surface area contributed by atoms with Crippen LogP contribution in [0.2, 0.25) is 0 Å². The van der Waals surface area contributed by atoms with Crippen molar-refractivity contribution in [2.45, 2.75) is 26.7 Å². The van der Waals surface area contributed by atoms with Crippen LogP contribution in [-0.2, 0) is 4.79 Å². The van der Waals surface area contributed by atoms with E-state index in [-0.39, 0.29) is 0 Å². The molecule has 2 amide bonds. The number of hydrogen-bond donors (Lipinski definition) is 2. The predicted octanol–water partition coefficient (Wildman–Crippen LogP) is 4.15. The lowest BCUT2D eigenvalue weighted by Gasteiger charge is -2.36. The Hall–Kier alpha value is -4.76. The molecule has 41 heavy (non-hydrogen) atoms. The van der Waals surface area contributed by atoms with Gasteiger partial charge in [0.15, 0.2) is 5.13 Å². The van der Waals surface area contributed by atoms with Crippen molar-refractivity contribution in [1.29, 1.82) is 0 Å². The minimum atomic E-state index is -0.770. The van der Waals surface area contributed by atoms with Crippen molar-refractivity contribution < 1.29 is 19.4 Å². The molecule has 1 aliphatic heterocycles. The Labute approximate surface area is 241 Å². The number of pyridine rings is 1. The summed E-state index contributed by atoms with van der Waals surface area (Å²) in [5.41, 5.74) is 8.36. The first-order chi connectivity index (χ1) is 19.7. The van der Waals surface area contributed by atoms with Gasteiger partial charge < -0.3 is 20.5 Å². The number of carbonyl (C=O) groups excluding carboxylic acids is 1. The number of hydrogen-bond acceptors (Lipinski definition) is 9. The number of carboxylic acids is 1. The van der Waals surface area contributed by atoms with Gasteiger partial charge in [-0.3, -0.25) is 9.69 Å². The van der Waals surface area contributed by atoms with Crippen LogP contribution in [0.15, 0.2) is 42.7 Å². The van der Waals surface area contributed by atoms with Gasteiger partial charge in [0.1, 0.15) is 5.69 Å². The standard InChI is InChI=1S/C29H29N7O4S/c1-4-36(26(30)39)28-34-22-15-19(14-18(24(22)41-28)8-9-21-6-5-7-23(33-21)40-3)20-16-31-27(32-17-20)35-12-10-29(2,11-13-35)25(37)38/h5-7,14-17H,4,10-13H2,1-3H3,(H2,30,39)(H,37,38). The molecule has 210 valence electrons. The van der Waals surface area contributed by atoms with E-state index < -0.39 is 17.4 Å². The number of ether oxygens (including phenoxy) is 1. The first-order valence-corrected chi connectivity index (χ1v) is 13.9. The molecule has 1 saturated heterocycles. The number of aromatic nitrogens is 4. The molecular weight excluding hydrogens is 542 g/mol. The van der Waals surface area contributed by atoms with Gasteiger partial charge in [0.05, 0.1) is 22.7 Å². The Morgan fingerprint density at radius 2 is 1.88 bits per heavy atom. The van der Waals surface area contributed by atoms with Crippen molar-refractivity contribution in [3.8, 4) is 28.8 Å². The van der Waals surface area contributed by atoms with Gasteiger partial charge in [0, 0.05) is 49.2 Å². The van der Waals surface area contributed by atoms with Crippen molar-refractivity contribution >= 4 is 44.6 Å². The molecule has 0 radical (unpaired) electrons. The van der Waals surface area contributed by atoms with E-state index in [0.29, 0.717) is 66.2 Å². The molecule has 12 heteroatoms. The predicted molar refractivity (Wildman–Crippen MR) is 157 cm³/mol. The van der Waals surface area contributed by atoms with Crippen LogP contribution < -0.4 is 20.3 Å². The Morgan fingerprint density at radius 3 is 2.51 bits per heavy atom. The van der Waals surface area contributed by atoms with Gasteiger partial charge in [0.25, 0.3) is 0 Å². The van der Waals surface area contributed by atoms with Crippen molar-refractivity contribution in [1.82, 2.24) is 19.9 Å². The average Bonchev–Trinajstić information content (AvgIpc) is 3.40. The Kier molecular flexibility index (Phi) is 7.72. The molecule has 0 saturated carbocycles. The zero-order valence-corrected chi connectivity index (χ0v) is 23.7. The number of amides is 2. The second-order valence-corrected chi connectivity index (χ2v) is 10.9. The topological polar surface area (TPSA) is 148 Å². The molecule has 11 nitrogen and oxygen atoms in total. The maximum Gasteiger partial charge on any atom is 0.321 e. The largest absolute Gasteiger partial charge is 0.481 e. The molecular formula is C29H29N7O4S. The van der Waals surface area contributed by atoms with E-state index in [2.05, 4.69) is 26.8 Å². The van der Waals surface area contributed by atoms with Crippen LogP contribution in [0.5, 0.6) is 5.88 Å². The van der Waals surface area contributed by atoms with Crippen LogP contribution in [0.25, 0.3) is 21.3 Å². The third-order valence-corrected chi connectivity index (χ3v) is 8.31. The SMILES string of the molecule is CCN(C(N)=O)c1nc2cc(-c3cnc(N4CCC(C)(C(=O)O)CC4)nc3)cc(C#Cc3cccc(OC)n3)c2s1. The van der Waals surface area contributed by atoms with E-state index >= 15 is 0 Å². The fraction of sp³-hybridized carbons (Fsp3) is 0.310. The third kappa shape index (κ3) is 5.76. The van der Waals surface area contributed by atoms with Crippen LogP contribution in [0.1, 0.15) is 37.9 Å². The molecule has 1 aromatic carbocycles. The van der Waals surface area contributed by atoms with E-state index in [0.717, 1.165) is 15.8 Å². The highest BCUT2D eigenvalue weighted by molar-refractivity contribution is 7.22. The summed E-state index contributed by atoms with van der Waals surface area (Å²) in [7, 11) is 1.55. The number of benzene rings is 1. The highest BCUT2D eigenvalue weighted by Crippen LogP contribution is 2.36. The molecule has 4 aromatic rings. The number of nitrogens with two attached hydrogens (primary N) is 1. The van der Waals surface area contributed by atoms with Crippen LogP contribution in [0.4, 0.5) is 15.9 Å². The Morgan fingerprint density at radius 1 is 1.15 bits per heavy atom. The van der Waals surface area contributed by atoms with Crippen molar-refractivity contribution in [2.24, 2.45) is 11.1 Å². The molecule has 3 N–H and O–H groups in total. The molecule has 5 rings (SSSR count). The molecule has 1 fully saturated rings. The highest BCUT2D eigenvalue weighted by atomic mass is 32.1. The maximum atomic E-state index is 12.0. The minimum Gasteiger partial charge on any atom is -0.481 e. The number of methoxy groups -OCH3 is 1. The van der Waals surface area contributed by atoms with Gasteiger partial charge in [0.2, 0.25) is 11.8 Å². The number of carbonyl (C=O) groups is 2. The zero-order valence-electron chi connectivity index (χ0n) is 22.9. The highest BCUT2D eigenvalue weighted by Gasteiger charge is 2.37. The monoisotopic (exact) mass is 571 g/mol. The number of primary amides is 1. The van der Waals surface area contributed by atoms with Gasteiger partial charge >= 0.3 is 12.0 Å². The lowest BCUT2D eigenvalue weighted by Crippen LogP contribution is -2.43. The van der Waals surface area contributed by atoms with Crippen LogP contribution in [0.3, 0.4) is 0 Å².